The zero-order valence-electron chi connectivity index (χ0n) is 13.1. The Bertz CT molecular complexity index is 652. The van der Waals surface area contributed by atoms with E-state index >= 15 is 0 Å². The van der Waals surface area contributed by atoms with Crippen LogP contribution in [0.25, 0.3) is 0 Å². The summed E-state index contributed by atoms with van der Waals surface area (Å²) in [6, 6.07) is 17.8. The molecule has 23 heavy (non-hydrogen) atoms. The fourth-order valence-corrected chi connectivity index (χ4v) is 2.79. The van der Waals surface area contributed by atoms with Gasteiger partial charge in [0.2, 0.25) is 0 Å². The smallest absolute Gasteiger partial charge is 0.407 e. The van der Waals surface area contributed by atoms with E-state index in [9.17, 15) is 4.79 Å². The van der Waals surface area contributed by atoms with E-state index in [4.69, 9.17) is 9.84 Å². The van der Waals surface area contributed by atoms with Crippen molar-refractivity contribution < 1.29 is 14.6 Å². The zero-order chi connectivity index (χ0) is 16.2. The molecular weight excluding hydrogens is 292 g/mol. The molecular formula is C18H20N2O3. The second-order valence-corrected chi connectivity index (χ2v) is 5.54. The number of hydrogen-bond donors (Lipinski definition) is 1. The summed E-state index contributed by atoms with van der Waals surface area (Å²) in [5.41, 5.74) is 1.09. The van der Waals surface area contributed by atoms with Crippen molar-refractivity contribution in [2.45, 2.75) is 13.0 Å². The largest absolute Gasteiger partial charge is 0.465 e. The number of amides is 1. The van der Waals surface area contributed by atoms with E-state index in [1.807, 2.05) is 54.6 Å². The minimum Gasteiger partial charge on any atom is -0.465 e. The lowest BCUT2D eigenvalue weighted by Crippen LogP contribution is -2.61. The Morgan fingerprint density at radius 1 is 1.13 bits per heavy atom. The second kappa shape index (κ2) is 6.60. The first kappa shape index (κ1) is 15.2. The average molecular weight is 312 g/mol. The Kier molecular flexibility index (Phi) is 4.37. The summed E-state index contributed by atoms with van der Waals surface area (Å²) >= 11 is 0. The summed E-state index contributed by atoms with van der Waals surface area (Å²) in [7, 11) is 0. The summed E-state index contributed by atoms with van der Waals surface area (Å²) in [5, 5.41) is 8.94. The van der Waals surface area contributed by atoms with Crippen molar-refractivity contribution in [2.24, 2.45) is 0 Å². The minimum absolute atomic E-state index is 0.247. The van der Waals surface area contributed by atoms with Gasteiger partial charge in [0.1, 0.15) is 11.5 Å². The summed E-state index contributed by atoms with van der Waals surface area (Å²) in [5.74, 6) is 1.60. The molecule has 0 atom stereocenters. The Morgan fingerprint density at radius 2 is 1.74 bits per heavy atom. The van der Waals surface area contributed by atoms with Crippen LogP contribution in [0.4, 0.5) is 10.5 Å². The van der Waals surface area contributed by atoms with Gasteiger partial charge in [-0.1, -0.05) is 18.2 Å². The van der Waals surface area contributed by atoms with Gasteiger partial charge in [-0.05, 0) is 43.3 Å². The molecule has 1 saturated heterocycles. The van der Waals surface area contributed by atoms with Crippen molar-refractivity contribution in [1.82, 2.24) is 4.90 Å². The number of ether oxygens (including phenoxy) is 1. The molecule has 5 nitrogen and oxygen atoms in total. The van der Waals surface area contributed by atoms with Crippen molar-refractivity contribution in [3.63, 3.8) is 0 Å². The highest BCUT2D eigenvalue weighted by Crippen LogP contribution is 2.27. The molecule has 0 saturated carbocycles. The molecule has 0 unspecified atom stereocenters. The van der Waals surface area contributed by atoms with E-state index in [0.29, 0.717) is 13.1 Å². The number of para-hydroxylation sites is 1. The molecule has 1 heterocycles. The van der Waals surface area contributed by atoms with E-state index in [0.717, 1.165) is 23.7 Å². The van der Waals surface area contributed by atoms with E-state index < -0.39 is 6.09 Å². The van der Waals surface area contributed by atoms with Gasteiger partial charge in [-0.3, -0.25) is 0 Å². The Hall–Kier alpha value is -2.69. The van der Waals surface area contributed by atoms with Gasteiger partial charge < -0.3 is 19.6 Å². The first-order valence-corrected chi connectivity index (χ1v) is 7.75. The van der Waals surface area contributed by atoms with Crippen LogP contribution < -0.4 is 9.64 Å². The minimum atomic E-state index is -0.844. The van der Waals surface area contributed by atoms with Crippen LogP contribution in [0, 0.1) is 0 Å². The summed E-state index contributed by atoms with van der Waals surface area (Å²) in [4.78, 5) is 14.5. The molecule has 1 N–H and O–H groups in total. The summed E-state index contributed by atoms with van der Waals surface area (Å²) < 4.78 is 5.79. The first-order valence-electron chi connectivity index (χ1n) is 7.75. The fraction of sp³-hybridized carbons (Fsp3) is 0.278. The molecule has 0 aromatic heterocycles. The molecule has 1 fully saturated rings. The molecule has 120 valence electrons. The number of anilines is 1. The number of nitrogens with zero attached hydrogens (tertiary/aromatic N) is 2. The number of rotatable bonds is 5. The van der Waals surface area contributed by atoms with Gasteiger partial charge in [0.05, 0.1) is 6.04 Å². The number of likely N-dealkylation sites (tertiary alicyclic amines) is 1. The van der Waals surface area contributed by atoms with Crippen molar-refractivity contribution in [2.75, 3.05) is 24.5 Å². The van der Waals surface area contributed by atoms with Crippen LogP contribution in [0.1, 0.15) is 6.92 Å². The summed E-state index contributed by atoms with van der Waals surface area (Å²) in [6.07, 6.45) is -0.844. The number of hydrogen-bond acceptors (Lipinski definition) is 3. The highest BCUT2D eigenvalue weighted by Gasteiger charge is 2.34. The lowest BCUT2D eigenvalue weighted by Gasteiger charge is -2.44. The van der Waals surface area contributed by atoms with Gasteiger partial charge in [-0.2, -0.15) is 0 Å². The van der Waals surface area contributed by atoms with E-state index in [1.54, 1.807) is 0 Å². The quantitative estimate of drug-likeness (QED) is 0.915. The SMILES string of the molecule is CCN(c1ccc(Oc2ccccc2)cc1)C1CN(C(=O)O)C1. The van der Waals surface area contributed by atoms with Crippen LogP contribution in [-0.4, -0.2) is 41.8 Å². The monoisotopic (exact) mass is 312 g/mol. The maximum atomic E-state index is 10.9. The van der Waals surface area contributed by atoms with Crippen molar-refractivity contribution in [3.8, 4) is 11.5 Å². The van der Waals surface area contributed by atoms with Crippen LogP contribution in [0.15, 0.2) is 54.6 Å². The highest BCUT2D eigenvalue weighted by molar-refractivity contribution is 5.67. The van der Waals surface area contributed by atoms with Crippen LogP contribution in [0.3, 0.4) is 0 Å². The second-order valence-electron chi connectivity index (χ2n) is 5.54. The van der Waals surface area contributed by atoms with Gasteiger partial charge in [-0.15, -0.1) is 0 Å². The van der Waals surface area contributed by atoms with Gasteiger partial charge in [0.15, 0.2) is 0 Å². The molecule has 5 heteroatoms. The van der Waals surface area contributed by atoms with Crippen LogP contribution in [0.2, 0.25) is 0 Å². The van der Waals surface area contributed by atoms with Crippen LogP contribution >= 0.6 is 0 Å². The maximum Gasteiger partial charge on any atom is 0.407 e. The van der Waals surface area contributed by atoms with Crippen molar-refractivity contribution in [1.29, 1.82) is 0 Å². The van der Waals surface area contributed by atoms with Crippen molar-refractivity contribution in [3.05, 3.63) is 54.6 Å². The number of carboxylic acid groups (broad SMARTS) is 1. The molecule has 2 aromatic carbocycles. The molecule has 0 radical (unpaired) electrons. The molecule has 1 aliphatic rings. The average Bonchev–Trinajstić information content (AvgIpc) is 2.52. The Morgan fingerprint density at radius 3 is 2.30 bits per heavy atom. The standard InChI is InChI=1S/C18H20N2O3/c1-2-20(15-12-19(13-15)18(21)22)14-8-10-17(11-9-14)23-16-6-4-3-5-7-16/h3-11,15H,2,12-13H2,1H3,(H,21,22). The predicted octanol–water partition coefficient (Wildman–Crippen LogP) is 3.67. The zero-order valence-corrected chi connectivity index (χ0v) is 13.1. The lowest BCUT2D eigenvalue weighted by molar-refractivity contribution is 0.104. The van der Waals surface area contributed by atoms with Gasteiger partial charge in [0, 0.05) is 25.3 Å². The molecule has 0 aliphatic carbocycles. The van der Waals surface area contributed by atoms with Gasteiger partial charge in [-0.25, -0.2) is 4.79 Å². The van der Waals surface area contributed by atoms with E-state index in [-0.39, 0.29) is 6.04 Å². The highest BCUT2D eigenvalue weighted by atomic mass is 16.5. The normalized spacial score (nSPS) is 14.2. The summed E-state index contributed by atoms with van der Waals surface area (Å²) in [6.45, 7) is 4.05. The van der Waals surface area contributed by atoms with Crippen LogP contribution in [-0.2, 0) is 0 Å². The molecule has 1 aliphatic heterocycles. The third kappa shape index (κ3) is 3.39. The van der Waals surface area contributed by atoms with E-state index in [1.165, 1.54) is 4.90 Å². The third-order valence-electron chi connectivity index (χ3n) is 4.06. The first-order chi connectivity index (χ1) is 11.2. The lowest BCUT2D eigenvalue weighted by atomic mass is 10.1. The number of likely N-dealkylation sites (N-methyl/N-ethyl adjacent to an activating group) is 1. The van der Waals surface area contributed by atoms with Crippen molar-refractivity contribution >= 4 is 11.8 Å². The topological polar surface area (TPSA) is 53.0 Å². The molecule has 2 aromatic rings. The van der Waals surface area contributed by atoms with E-state index in [2.05, 4.69) is 11.8 Å². The third-order valence-corrected chi connectivity index (χ3v) is 4.06. The molecule has 0 bridgehead atoms. The Labute approximate surface area is 135 Å². The fourth-order valence-electron chi connectivity index (χ4n) is 2.79. The van der Waals surface area contributed by atoms with Crippen LogP contribution in [0.5, 0.6) is 11.5 Å². The van der Waals surface area contributed by atoms with Gasteiger partial charge in [0.25, 0.3) is 0 Å². The molecule has 1 amide bonds. The number of carbonyl (C=O) groups is 1. The molecule has 3 rings (SSSR count). The Balaban J connectivity index is 1.65. The number of benzene rings is 2. The predicted molar refractivity (Wildman–Crippen MR) is 89.4 cm³/mol. The molecule has 0 spiro atoms. The maximum absolute atomic E-state index is 10.9. The van der Waals surface area contributed by atoms with Gasteiger partial charge >= 0.3 is 6.09 Å².